The topological polar surface area (TPSA) is 50.2 Å². The van der Waals surface area contributed by atoms with Crippen LogP contribution in [0.1, 0.15) is 48.3 Å². The van der Waals surface area contributed by atoms with Crippen LogP contribution < -0.4 is 0 Å². The molecule has 0 unspecified atom stereocenters. The molecule has 86 valence electrons. The number of carboxylic acids is 1. The molecule has 0 spiro atoms. The van der Waals surface area contributed by atoms with Crippen molar-refractivity contribution in [1.29, 1.82) is 0 Å². The van der Waals surface area contributed by atoms with Gasteiger partial charge in [0.15, 0.2) is 0 Å². The number of carboxylic acid groups (broad SMARTS) is 1. The molecule has 1 aliphatic carbocycles. The van der Waals surface area contributed by atoms with E-state index in [2.05, 4.69) is 4.98 Å². The molecule has 1 saturated carbocycles. The minimum atomic E-state index is -0.939. The van der Waals surface area contributed by atoms with Gasteiger partial charge in [-0.3, -0.25) is 0 Å². The van der Waals surface area contributed by atoms with Gasteiger partial charge in [-0.05, 0) is 24.5 Å². The Labute approximate surface area is 95.5 Å². The predicted octanol–water partition coefficient (Wildman–Crippen LogP) is 2.90. The molecular weight excluding hydrogens is 202 g/mol. The van der Waals surface area contributed by atoms with Gasteiger partial charge in [-0.2, -0.15) is 0 Å². The summed E-state index contributed by atoms with van der Waals surface area (Å²) in [4.78, 5) is 14.9. The Balaban J connectivity index is 2.02. The lowest BCUT2D eigenvalue weighted by Gasteiger charge is -2.20. The number of aromatic nitrogens is 1. The van der Waals surface area contributed by atoms with Crippen molar-refractivity contribution in [2.24, 2.45) is 5.92 Å². The Morgan fingerprint density at radius 3 is 2.75 bits per heavy atom. The SMILES string of the molecule is O=C(O)c1cccc(CC2CCCCC2)n1. The van der Waals surface area contributed by atoms with E-state index in [1.807, 2.05) is 6.07 Å². The zero-order valence-corrected chi connectivity index (χ0v) is 9.35. The van der Waals surface area contributed by atoms with Crippen molar-refractivity contribution < 1.29 is 9.90 Å². The first-order valence-electron chi connectivity index (χ1n) is 5.95. The van der Waals surface area contributed by atoms with Crippen molar-refractivity contribution in [3.05, 3.63) is 29.6 Å². The van der Waals surface area contributed by atoms with Crippen LogP contribution in [0.5, 0.6) is 0 Å². The van der Waals surface area contributed by atoms with Gasteiger partial charge in [-0.15, -0.1) is 0 Å². The Kier molecular flexibility index (Phi) is 3.54. The van der Waals surface area contributed by atoms with Crippen molar-refractivity contribution in [3.63, 3.8) is 0 Å². The van der Waals surface area contributed by atoms with Crippen molar-refractivity contribution in [2.45, 2.75) is 38.5 Å². The fourth-order valence-corrected chi connectivity index (χ4v) is 2.40. The number of aromatic carboxylic acids is 1. The van der Waals surface area contributed by atoms with E-state index >= 15 is 0 Å². The number of rotatable bonds is 3. The highest BCUT2D eigenvalue weighted by molar-refractivity contribution is 5.85. The van der Waals surface area contributed by atoms with E-state index in [-0.39, 0.29) is 5.69 Å². The van der Waals surface area contributed by atoms with E-state index in [0.29, 0.717) is 5.92 Å². The van der Waals surface area contributed by atoms with Gasteiger partial charge in [0.25, 0.3) is 0 Å². The summed E-state index contributed by atoms with van der Waals surface area (Å²) in [6, 6.07) is 5.27. The summed E-state index contributed by atoms with van der Waals surface area (Å²) in [6.07, 6.45) is 7.42. The summed E-state index contributed by atoms with van der Waals surface area (Å²) in [5.74, 6) is -0.240. The Hall–Kier alpha value is -1.38. The van der Waals surface area contributed by atoms with E-state index < -0.39 is 5.97 Å². The van der Waals surface area contributed by atoms with E-state index in [1.54, 1.807) is 12.1 Å². The zero-order chi connectivity index (χ0) is 11.4. The Morgan fingerprint density at radius 1 is 1.31 bits per heavy atom. The molecule has 16 heavy (non-hydrogen) atoms. The van der Waals surface area contributed by atoms with Gasteiger partial charge >= 0.3 is 5.97 Å². The van der Waals surface area contributed by atoms with Crippen LogP contribution in [0.15, 0.2) is 18.2 Å². The van der Waals surface area contributed by atoms with Gasteiger partial charge in [-0.1, -0.05) is 38.2 Å². The normalized spacial score (nSPS) is 17.2. The van der Waals surface area contributed by atoms with Gasteiger partial charge in [-0.25, -0.2) is 9.78 Å². The van der Waals surface area contributed by atoms with Crippen LogP contribution in [0.3, 0.4) is 0 Å². The molecule has 2 rings (SSSR count). The van der Waals surface area contributed by atoms with Gasteiger partial charge in [0.2, 0.25) is 0 Å². The number of carbonyl (C=O) groups is 1. The highest BCUT2D eigenvalue weighted by Gasteiger charge is 2.15. The molecule has 1 aliphatic rings. The average molecular weight is 219 g/mol. The molecule has 0 atom stereocenters. The van der Waals surface area contributed by atoms with Gasteiger partial charge < -0.3 is 5.11 Å². The monoisotopic (exact) mass is 219 g/mol. The second kappa shape index (κ2) is 5.10. The summed E-state index contributed by atoms with van der Waals surface area (Å²) < 4.78 is 0. The Morgan fingerprint density at radius 2 is 2.06 bits per heavy atom. The summed E-state index contributed by atoms with van der Waals surface area (Å²) in [5, 5.41) is 8.85. The van der Waals surface area contributed by atoms with Gasteiger partial charge in [0, 0.05) is 5.69 Å². The standard InChI is InChI=1S/C13H17NO2/c15-13(16)12-8-4-7-11(14-12)9-10-5-2-1-3-6-10/h4,7-8,10H,1-3,5-6,9H2,(H,15,16). The molecule has 1 heterocycles. The third kappa shape index (κ3) is 2.81. The molecule has 0 radical (unpaired) electrons. The average Bonchev–Trinajstić information content (AvgIpc) is 2.30. The maximum absolute atomic E-state index is 10.8. The van der Waals surface area contributed by atoms with Crippen molar-refractivity contribution in [3.8, 4) is 0 Å². The van der Waals surface area contributed by atoms with Crippen molar-refractivity contribution in [1.82, 2.24) is 4.98 Å². The first kappa shape index (κ1) is 11.1. The summed E-state index contributed by atoms with van der Waals surface area (Å²) in [7, 11) is 0. The highest BCUT2D eigenvalue weighted by Crippen LogP contribution is 2.26. The number of pyridine rings is 1. The third-order valence-corrected chi connectivity index (χ3v) is 3.25. The summed E-state index contributed by atoms with van der Waals surface area (Å²) in [5.41, 5.74) is 1.08. The summed E-state index contributed by atoms with van der Waals surface area (Å²) in [6.45, 7) is 0. The van der Waals surface area contributed by atoms with Crippen LogP contribution in [0.2, 0.25) is 0 Å². The number of hydrogen-bond acceptors (Lipinski definition) is 2. The maximum atomic E-state index is 10.8. The van der Waals surface area contributed by atoms with Crippen LogP contribution in [0, 0.1) is 5.92 Å². The first-order chi connectivity index (χ1) is 7.75. The van der Waals surface area contributed by atoms with Crippen molar-refractivity contribution in [2.75, 3.05) is 0 Å². The van der Waals surface area contributed by atoms with E-state index in [1.165, 1.54) is 32.1 Å². The van der Waals surface area contributed by atoms with Crippen LogP contribution in [-0.2, 0) is 6.42 Å². The fraction of sp³-hybridized carbons (Fsp3) is 0.538. The molecule has 0 aliphatic heterocycles. The second-order valence-corrected chi connectivity index (χ2v) is 4.53. The van der Waals surface area contributed by atoms with Gasteiger partial charge in [0.05, 0.1) is 0 Å². The molecule has 1 aromatic heterocycles. The number of hydrogen-bond donors (Lipinski definition) is 1. The molecule has 0 bridgehead atoms. The van der Waals surface area contributed by atoms with E-state index in [9.17, 15) is 4.79 Å². The minimum Gasteiger partial charge on any atom is -0.477 e. The maximum Gasteiger partial charge on any atom is 0.354 e. The lowest BCUT2D eigenvalue weighted by atomic mass is 9.86. The van der Waals surface area contributed by atoms with Crippen molar-refractivity contribution >= 4 is 5.97 Å². The van der Waals surface area contributed by atoms with Crippen LogP contribution >= 0.6 is 0 Å². The van der Waals surface area contributed by atoms with E-state index in [0.717, 1.165) is 12.1 Å². The van der Waals surface area contributed by atoms with Crippen LogP contribution in [-0.4, -0.2) is 16.1 Å². The lowest BCUT2D eigenvalue weighted by molar-refractivity contribution is 0.0690. The summed E-state index contributed by atoms with van der Waals surface area (Å²) >= 11 is 0. The molecule has 0 amide bonds. The number of nitrogens with zero attached hydrogens (tertiary/aromatic N) is 1. The minimum absolute atomic E-state index is 0.160. The fourth-order valence-electron chi connectivity index (χ4n) is 2.40. The first-order valence-corrected chi connectivity index (χ1v) is 5.95. The molecule has 3 heteroatoms. The van der Waals surface area contributed by atoms with Crippen LogP contribution in [0.4, 0.5) is 0 Å². The molecule has 0 aromatic carbocycles. The quantitative estimate of drug-likeness (QED) is 0.850. The smallest absolute Gasteiger partial charge is 0.354 e. The molecule has 1 fully saturated rings. The highest BCUT2D eigenvalue weighted by atomic mass is 16.4. The molecule has 3 nitrogen and oxygen atoms in total. The molecule has 1 N–H and O–H groups in total. The molecule has 0 saturated heterocycles. The van der Waals surface area contributed by atoms with Gasteiger partial charge in [0.1, 0.15) is 5.69 Å². The van der Waals surface area contributed by atoms with Crippen LogP contribution in [0.25, 0.3) is 0 Å². The predicted molar refractivity (Wildman–Crippen MR) is 61.5 cm³/mol. The zero-order valence-electron chi connectivity index (χ0n) is 9.35. The second-order valence-electron chi connectivity index (χ2n) is 4.53. The lowest BCUT2D eigenvalue weighted by Crippen LogP contribution is -2.11. The molecule has 1 aromatic rings. The van der Waals surface area contributed by atoms with E-state index in [4.69, 9.17) is 5.11 Å². The third-order valence-electron chi connectivity index (χ3n) is 3.25. The largest absolute Gasteiger partial charge is 0.477 e. The molecular formula is C13H17NO2. The Bertz CT molecular complexity index is 370.